The van der Waals surface area contributed by atoms with Crippen molar-refractivity contribution in [3.05, 3.63) is 119 Å². The fraction of sp³-hybridized carbons (Fsp3) is 0. The van der Waals surface area contributed by atoms with Crippen molar-refractivity contribution in [3.8, 4) is 28.5 Å². The van der Waals surface area contributed by atoms with Gasteiger partial charge in [-0.05, 0) is 53.6 Å². The first kappa shape index (κ1) is 20.6. The third-order valence-electron chi connectivity index (χ3n) is 5.45. The summed E-state index contributed by atoms with van der Waals surface area (Å²) in [5.74, 6) is 0. The normalized spacial score (nSPS) is 11.0. The number of aromatic nitrogens is 1. The van der Waals surface area contributed by atoms with Gasteiger partial charge in [0.05, 0.1) is 28.5 Å². The molecule has 0 N–H and O–H groups in total. The van der Waals surface area contributed by atoms with Gasteiger partial charge in [0.25, 0.3) is 0 Å². The average molecular weight is 444 g/mol. The van der Waals surface area contributed by atoms with Crippen LogP contribution in [0.1, 0.15) is 11.1 Å². The molecule has 0 aliphatic heterocycles. The molecule has 0 aliphatic rings. The van der Waals surface area contributed by atoms with Crippen molar-refractivity contribution in [3.63, 3.8) is 0 Å². The molecule has 1 aromatic heterocycles. The fourth-order valence-electron chi connectivity index (χ4n) is 3.78. The maximum atomic E-state index is 9.25. The van der Waals surface area contributed by atoms with Gasteiger partial charge in [-0.25, -0.2) is 4.98 Å². The van der Waals surface area contributed by atoms with E-state index in [0.717, 1.165) is 44.5 Å². The van der Waals surface area contributed by atoms with Crippen molar-refractivity contribution in [2.24, 2.45) is 4.99 Å². The van der Waals surface area contributed by atoms with Gasteiger partial charge in [-0.15, -0.1) is 0 Å². The van der Waals surface area contributed by atoms with Crippen molar-refractivity contribution in [1.29, 1.82) is 5.26 Å². The molecule has 5 aromatic rings. The molecule has 0 saturated heterocycles. The molecule has 4 heteroatoms. The summed E-state index contributed by atoms with van der Waals surface area (Å²) in [5, 5.41) is 11.0. The second-order valence-corrected chi connectivity index (χ2v) is 8.02. The molecule has 0 aliphatic carbocycles. The highest BCUT2D eigenvalue weighted by molar-refractivity contribution is 6.31. The Hall–Kier alpha value is -4.26. The SMILES string of the molecule is N#Cc1ccccc1C=Nc1ccc(-c2cc(-c3ccccc3)c3cc(Cl)ccc3n2)cc1. The van der Waals surface area contributed by atoms with Crippen LogP contribution < -0.4 is 0 Å². The Morgan fingerprint density at radius 1 is 0.788 bits per heavy atom. The highest BCUT2D eigenvalue weighted by atomic mass is 35.5. The van der Waals surface area contributed by atoms with E-state index < -0.39 is 0 Å². The van der Waals surface area contributed by atoms with Crippen molar-refractivity contribution in [1.82, 2.24) is 4.98 Å². The number of halogens is 1. The highest BCUT2D eigenvalue weighted by Gasteiger charge is 2.10. The molecule has 0 spiro atoms. The zero-order valence-electron chi connectivity index (χ0n) is 17.6. The lowest BCUT2D eigenvalue weighted by Gasteiger charge is -2.11. The van der Waals surface area contributed by atoms with E-state index in [1.165, 1.54) is 0 Å². The Morgan fingerprint density at radius 3 is 2.33 bits per heavy atom. The molecular weight excluding hydrogens is 426 g/mol. The number of pyridine rings is 1. The van der Waals surface area contributed by atoms with E-state index in [-0.39, 0.29) is 0 Å². The van der Waals surface area contributed by atoms with Gasteiger partial charge in [0.15, 0.2) is 0 Å². The number of nitriles is 1. The lowest BCUT2D eigenvalue weighted by atomic mass is 9.98. The molecule has 0 unspecified atom stereocenters. The van der Waals surface area contributed by atoms with Crippen LogP contribution in [0.15, 0.2) is 108 Å². The van der Waals surface area contributed by atoms with Gasteiger partial charge in [0.1, 0.15) is 0 Å². The second kappa shape index (κ2) is 9.08. The van der Waals surface area contributed by atoms with E-state index >= 15 is 0 Å². The predicted octanol–water partition coefficient (Wildman–Crippen LogP) is 7.84. The molecule has 3 nitrogen and oxygen atoms in total. The van der Waals surface area contributed by atoms with Crippen molar-refractivity contribution >= 4 is 34.4 Å². The summed E-state index contributed by atoms with van der Waals surface area (Å²) >= 11 is 6.29. The van der Waals surface area contributed by atoms with E-state index in [9.17, 15) is 5.26 Å². The van der Waals surface area contributed by atoms with E-state index in [2.05, 4.69) is 29.3 Å². The molecule has 1 heterocycles. The average Bonchev–Trinajstić information content (AvgIpc) is 2.88. The molecule has 0 saturated carbocycles. The van der Waals surface area contributed by atoms with Crippen LogP contribution in [0.25, 0.3) is 33.3 Å². The number of rotatable bonds is 4. The van der Waals surface area contributed by atoms with E-state index in [1.807, 2.05) is 78.9 Å². The van der Waals surface area contributed by atoms with Crippen LogP contribution in [-0.2, 0) is 0 Å². The Bertz CT molecular complexity index is 1520. The smallest absolute Gasteiger partial charge is 0.0998 e. The summed E-state index contributed by atoms with van der Waals surface area (Å²) in [6.07, 6.45) is 1.72. The summed E-state index contributed by atoms with van der Waals surface area (Å²) in [6.45, 7) is 0. The topological polar surface area (TPSA) is 49.0 Å². The van der Waals surface area contributed by atoms with Crippen molar-refractivity contribution in [2.45, 2.75) is 0 Å². The number of nitrogens with zero attached hydrogens (tertiary/aromatic N) is 3. The van der Waals surface area contributed by atoms with Crippen LogP contribution in [0, 0.1) is 11.3 Å². The van der Waals surface area contributed by atoms with Crippen LogP contribution in [-0.4, -0.2) is 11.2 Å². The molecule has 33 heavy (non-hydrogen) atoms. The quantitative estimate of drug-likeness (QED) is 0.265. The minimum atomic E-state index is 0.603. The summed E-state index contributed by atoms with van der Waals surface area (Å²) in [6, 6.07) is 35.7. The third kappa shape index (κ3) is 4.39. The molecule has 0 amide bonds. The molecule has 0 radical (unpaired) electrons. The van der Waals surface area contributed by atoms with Crippen LogP contribution >= 0.6 is 11.6 Å². The lowest BCUT2D eigenvalue weighted by Crippen LogP contribution is -1.90. The minimum Gasteiger partial charge on any atom is -0.256 e. The number of aliphatic imine (C=N–C) groups is 1. The van der Waals surface area contributed by atoms with Crippen molar-refractivity contribution in [2.75, 3.05) is 0 Å². The Kier molecular flexibility index (Phi) is 5.68. The standard InChI is InChI=1S/C29H18ClN3/c30-24-12-15-28-27(16-24)26(20-6-2-1-3-7-20)17-29(33-28)21-10-13-25(14-11-21)32-19-23-9-5-4-8-22(23)18-31/h1-17,19H. The van der Waals surface area contributed by atoms with E-state index in [0.29, 0.717) is 10.6 Å². The Labute approximate surface area is 197 Å². The fourth-order valence-corrected chi connectivity index (χ4v) is 3.95. The summed E-state index contributed by atoms with van der Waals surface area (Å²) < 4.78 is 0. The lowest BCUT2D eigenvalue weighted by molar-refractivity contribution is 1.39. The maximum Gasteiger partial charge on any atom is 0.0998 e. The van der Waals surface area contributed by atoms with Crippen LogP contribution in [0.5, 0.6) is 0 Å². The van der Waals surface area contributed by atoms with Gasteiger partial charge in [-0.1, -0.05) is 72.3 Å². The number of hydrogen-bond acceptors (Lipinski definition) is 3. The second-order valence-electron chi connectivity index (χ2n) is 7.59. The molecule has 4 aromatic carbocycles. The van der Waals surface area contributed by atoms with E-state index in [4.69, 9.17) is 16.6 Å². The maximum absolute atomic E-state index is 9.25. The molecule has 0 atom stereocenters. The first-order valence-electron chi connectivity index (χ1n) is 10.5. The summed E-state index contributed by atoms with van der Waals surface area (Å²) in [4.78, 5) is 9.42. The van der Waals surface area contributed by atoms with Gasteiger partial charge < -0.3 is 0 Å². The molecule has 156 valence electrons. The number of hydrogen-bond donors (Lipinski definition) is 0. The number of benzene rings is 4. The van der Waals surface area contributed by atoms with Crippen LogP contribution in [0.2, 0.25) is 5.02 Å². The third-order valence-corrected chi connectivity index (χ3v) is 5.69. The highest BCUT2D eigenvalue weighted by Crippen LogP contribution is 2.33. The Morgan fingerprint density at radius 2 is 1.55 bits per heavy atom. The monoisotopic (exact) mass is 443 g/mol. The molecule has 0 bridgehead atoms. The largest absolute Gasteiger partial charge is 0.256 e. The van der Waals surface area contributed by atoms with Crippen molar-refractivity contribution < 1.29 is 0 Å². The van der Waals surface area contributed by atoms with Crippen LogP contribution in [0.3, 0.4) is 0 Å². The first-order chi connectivity index (χ1) is 16.2. The summed E-state index contributed by atoms with van der Waals surface area (Å²) in [5.41, 5.74) is 7.19. The van der Waals surface area contributed by atoms with Gasteiger partial charge in [0.2, 0.25) is 0 Å². The zero-order valence-corrected chi connectivity index (χ0v) is 18.4. The molecule has 0 fully saturated rings. The first-order valence-corrected chi connectivity index (χ1v) is 10.9. The number of fused-ring (bicyclic) bond motifs is 1. The Balaban J connectivity index is 1.53. The summed E-state index contributed by atoms with van der Waals surface area (Å²) in [7, 11) is 0. The van der Waals surface area contributed by atoms with Crippen LogP contribution in [0.4, 0.5) is 5.69 Å². The minimum absolute atomic E-state index is 0.603. The van der Waals surface area contributed by atoms with Gasteiger partial charge in [0, 0.05) is 27.8 Å². The van der Waals surface area contributed by atoms with Gasteiger partial charge in [-0.2, -0.15) is 5.26 Å². The zero-order chi connectivity index (χ0) is 22.6. The van der Waals surface area contributed by atoms with E-state index in [1.54, 1.807) is 12.3 Å². The predicted molar refractivity (Wildman–Crippen MR) is 136 cm³/mol. The molecule has 5 rings (SSSR count). The van der Waals surface area contributed by atoms with Gasteiger partial charge in [-0.3, -0.25) is 4.99 Å². The van der Waals surface area contributed by atoms with Gasteiger partial charge >= 0.3 is 0 Å². The molecular formula is C29H18ClN3.